The van der Waals surface area contributed by atoms with E-state index in [1.165, 1.54) is 5.56 Å². The van der Waals surface area contributed by atoms with E-state index in [1.807, 2.05) is 12.1 Å². The highest BCUT2D eigenvalue weighted by Crippen LogP contribution is 2.51. The fraction of sp³-hybridized carbons (Fsp3) is 0.222. The van der Waals surface area contributed by atoms with E-state index in [4.69, 9.17) is 0 Å². The number of phenols is 1. The molecule has 2 aromatic carbocycles. The third-order valence-electron chi connectivity index (χ3n) is 4.65. The van der Waals surface area contributed by atoms with E-state index < -0.39 is 0 Å². The molecule has 1 aliphatic heterocycles. The van der Waals surface area contributed by atoms with Gasteiger partial charge in [-0.05, 0) is 54.3 Å². The minimum absolute atomic E-state index is 0.117. The fourth-order valence-corrected chi connectivity index (χ4v) is 4.41. The lowest BCUT2D eigenvalue weighted by molar-refractivity contribution is 0.402. The molecule has 4 heteroatoms. The number of anilines is 1. The van der Waals surface area contributed by atoms with Crippen molar-refractivity contribution in [3.8, 4) is 5.75 Å². The number of halogens is 2. The van der Waals surface area contributed by atoms with Crippen LogP contribution in [0.25, 0.3) is 0 Å². The number of hydrogen-bond acceptors (Lipinski definition) is 2. The van der Waals surface area contributed by atoms with Gasteiger partial charge in [0.25, 0.3) is 0 Å². The maximum atomic E-state index is 10.3. The Bertz CT molecular complexity index is 772. The first-order chi connectivity index (χ1) is 10.6. The molecule has 2 aromatic rings. The van der Waals surface area contributed by atoms with Gasteiger partial charge in [0.15, 0.2) is 0 Å². The summed E-state index contributed by atoms with van der Waals surface area (Å²) in [6, 6.07) is 12.1. The molecule has 0 radical (unpaired) electrons. The Labute approximate surface area is 146 Å². The van der Waals surface area contributed by atoms with Crippen LogP contribution in [0.5, 0.6) is 5.75 Å². The van der Waals surface area contributed by atoms with Crippen LogP contribution in [0.2, 0.25) is 0 Å². The van der Waals surface area contributed by atoms with E-state index in [-0.39, 0.29) is 6.04 Å². The first-order valence-electron chi connectivity index (χ1n) is 7.34. The number of nitrogens with one attached hydrogen (secondary N) is 1. The van der Waals surface area contributed by atoms with Gasteiger partial charge >= 0.3 is 0 Å². The molecule has 112 valence electrons. The zero-order valence-electron chi connectivity index (χ0n) is 11.8. The van der Waals surface area contributed by atoms with Gasteiger partial charge in [0.1, 0.15) is 5.75 Å². The summed E-state index contributed by atoms with van der Waals surface area (Å²) in [5.74, 6) is 1.19. The van der Waals surface area contributed by atoms with Crippen LogP contribution in [0, 0.1) is 5.92 Å². The smallest absolute Gasteiger partial charge is 0.120 e. The molecule has 0 spiro atoms. The molecule has 2 aliphatic rings. The summed E-state index contributed by atoms with van der Waals surface area (Å²) >= 11 is 7.09. The molecule has 3 atom stereocenters. The third-order valence-corrected chi connectivity index (χ3v) is 5.64. The van der Waals surface area contributed by atoms with Gasteiger partial charge in [-0.3, -0.25) is 0 Å². The van der Waals surface area contributed by atoms with Gasteiger partial charge in [0.05, 0.1) is 6.04 Å². The Morgan fingerprint density at radius 2 is 1.73 bits per heavy atom. The highest BCUT2D eigenvalue weighted by molar-refractivity contribution is 9.10. The van der Waals surface area contributed by atoms with Gasteiger partial charge in [-0.25, -0.2) is 0 Å². The number of fused-ring (bicyclic) bond motifs is 3. The second-order valence-corrected chi connectivity index (χ2v) is 7.74. The second-order valence-electron chi connectivity index (χ2n) is 5.91. The molecule has 2 nitrogen and oxygen atoms in total. The van der Waals surface area contributed by atoms with Crippen molar-refractivity contribution in [2.24, 2.45) is 5.92 Å². The van der Waals surface area contributed by atoms with Crippen molar-refractivity contribution in [2.75, 3.05) is 5.32 Å². The standard InChI is InChI=1S/C18H15Br2NO/c19-10-4-6-16-14(8-10)12-2-1-3-13(12)18(21-16)15-9-11(20)5-7-17(15)22/h1-2,4-9,12-13,18,21-22H,3H2/t12-,13+,18-/m0/s1. The molecule has 1 aliphatic carbocycles. The predicted molar refractivity (Wildman–Crippen MR) is 96.3 cm³/mol. The minimum atomic E-state index is 0.117. The largest absolute Gasteiger partial charge is 0.508 e. The third kappa shape index (κ3) is 2.29. The Hall–Kier alpha value is -1.26. The SMILES string of the molecule is Oc1ccc(Br)cc1[C@H]1Nc2ccc(Br)cc2[C@H]2C=CC[C@H]21. The Morgan fingerprint density at radius 3 is 2.55 bits per heavy atom. The predicted octanol–water partition coefficient (Wildman–Crippen LogP) is 5.74. The van der Waals surface area contributed by atoms with Gasteiger partial charge in [0, 0.05) is 26.1 Å². The average molecular weight is 421 g/mol. The minimum Gasteiger partial charge on any atom is -0.508 e. The van der Waals surface area contributed by atoms with Crippen LogP contribution in [0.4, 0.5) is 5.69 Å². The quantitative estimate of drug-likeness (QED) is 0.576. The maximum absolute atomic E-state index is 10.3. The van der Waals surface area contributed by atoms with Gasteiger partial charge in [-0.1, -0.05) is 44.0 Å². The van der Waals surface area contributed by atoms with Gasteiger partial charge in [0.2, 0.25) is 0 Å². The van der Waals surface area contributed by atoms with E-state index in [1.54, 1.807) is 6.07 Å². The molecule has 0 amide bonds. The average Bonchev–Trinajstić information content (AvgIpc) is 2.99. The Balaban J connectivity index is 1.83. The van der Waals surface area contributed by atoms with Crippen molar-refractivity contribution in [1.29, 1.82) is 0 Å². The number of rotatable bonds is 1. The molecular formula is C18H15Br2NO. The van der Waals surface area contributed by atoms with Crippen LogP contribution >= 0.6 is 31.9 Å². The highest BCUT2D eigenvalue weighted by Gasteiger charge is 2.38. The van der Waals surface area contributed by atoms with E-state index >= 15 is 0 Å². The monoisotopic (exact) mass is 419 g/mol. The van der Waals surface area contributed by atoms with Gasteiger partial charge in [-0.15, -0.1) is 0 Å². The summed E-state index contributed by atoms with van der Waals surface area (Å²) in [6.07, 6.45) is 5.59. The summed E-state index contributed by atoms with van der Waals surface area (Å²) in [4.78, 5) is 0. The zero-order valence-corrected chi connectivity index (χ0v) is 14.9. The zero-order chi connectivity index (χ0) is 15.3. The number of benzene rings is 2. The lowest BCUT2D eigenvalue weighted by Crippen LogP contribution is -2.29. The molecule has 2 N–H and O–H groups in total. The number of phenolic OH excluding ortho intramolecular Hbond substituents is 1. The van der Waals surface area contributed by atoms with Crippen molar-refractivity contribution in [1.82, 2.24) is 0 Å². The number of aromatic hydroxyl groups is 1. The first kappa shape index (κ1) is 14.3. The van der Waals surface area contributed by atoms with Crippen molar-refractivity contribution in [2.45, 2.75) is 18.4 Å². The molecular weight excluding hydrogens is 406 g/mol. The molecule has 0 bridgehead atoms. The Morgan fingerprint density at radius 1 is 1.00 bits per heavy atom. The highest BCUT2D eigenvalue weighted by atomic mass is 79.9. The van der Waals surface area contributed by atoms with E-state index in [0.717, 1.165) is 26.6 Å². The molecule has 0 saturated heterocycles. The van der Waals surface area contributed by atoms with Crippen molar-refractivity contribution < 1.29 is 5.11 Å². The molecule has 22 heavy (non-hydrogen) atoms. The van der Waals surface area contributed by atoms with Crippen molar-refractivity contribution in [3.05, 3.63) is 68.6 Å². The summed E-state index contributed by atoms with van der Waals surface area (Å²) in [5.41, 5.74) is 3.45. The molecule has 0 aromatic heterocycles. The van der Waals surface area contributed by atoms with Crippen LogP contribution in [-0.4, -0.2) is 5.11 Å². The molecule has 0 unspecified atom stereocenters. The lowest BCUT2D eigenvalue weighted by atomic mass is 9.77. The fourth-order valence-electron chi connectivity index (χ4n) is 3.65. The van der Waals surface area contributed by atoms with Crippen molar-refractivity contribution >= 4 is 37.5 Å². The van der Waals surface area contributed by atoms with Gasteiger partial charge in [-0.2, -0.15) is 0 Å². The lowest BCUT2D eigenvalue weighted by Gasteiger charge is -2.37. The molecule has 0 saturated carbocycles. The Kier molecular flexibility index (Phi) is 3.54. The van der Waals surface area contributed by atoms with Crippen LogP contribution < -0.4 is 5.32 Å². The van der Waals surface area contributed by atoms with Crippen LogP contribution in [0.15, 0.2) is 57.5 Å². The molecule has 0 fully saturated rings. The van der Waals surface area contributed by atoms with Crippen LogP contribution in [0.1, 0.15) is 29.5 Å². The van der Waals surface area contributed by atoms with E-state index in [9.17, 15) is 5.11 Å². The molecule has 1 heterocycles. The summed E-state index contributed by atoms with van der Waals surface area (Å²) in [7, 11) is 0. The number of hydrogen-bond donors (Lipinski definition) is 2. The molecule has 4 rings (SSSR count). The van der Waals surface area contributed by atoms with Crippen molar-refractivity contribution in [3.63, 3.8) is 0 Å². The second kappa shape index (κ2) is 5.43. The summed E-state index contributed by atoms with van der Waals surface area (Å²) < 4.78 is 2.10. The van der Waals surface area contributed by atoms with Gasteiger partial charge < -0.3 is 10.4 Å². The van der Waals surface area contributed by atoms with E-state index in [2.05, 4.69) is 67.5 Å². The summed E-state index contributed by atoms with van der Waals surface area (Å²) in [6.45, 7) is 0. The topological polar surface area (TPSA) is 32.3 Å². The van der Waals surface area contributed by atoms with Crippen LogP contribution in [-0.2, 0) is 0 Å². The summed E-state index contributed by atoms with van der Waals surface area (Å²) in [5, 5.41) is 13.9. The first-order valence-corrected chi connectivity index (χ1v) is 8.93. The maximum Gasteiger partial charge on any atom is 0.120 e. The van der Waals surface area contributed by atoms with E-state index in [0.29, 0.717) is 17.6 Å². The van der Waals surface area contributed by atoms with Crippen LogP contribution in [0.3, 0.4) is 0 Å². The normalized spacial score (nSPS) is 25.5. The number of allylic oxidation sites excluding steroid dienone is 2.